The Kier molecular flexibility index (Phi) is 4.01. The molecule has 4 nitrogen and oxygen atoms in total. The molecule has 2 rings (SSSR count). The van der Waals surface area contributed by atoms with Gasteiger partial charge in [0.15, 0.2) is 0 Å². The van der Waals surface area contributed by atoms with Crippen molar-refractivity contribution in [3.63, 3.8) is 0 Å². The molecule has 1 heterocycles. The lowest BCUT2D eigenvalue weighted by molar-refractivity contribution is -0.121. The molecule has 3 atom stereocenters. The second-order valence-corrected chi connectivity index (χ2v) is 6.41. The Hall–Kier alpha value is -1.36. The Morgan fingerprint density at radius 1 is 1.56 bits per heavy atom. The van der Waals surface area contributed by atoms with Crippen molar-refractivity contribution in [3.8, 4) is 0 Å². The average molecular weight is 266 g/mol. The van der Waals surface area contributed by atoms with Crippen LogP contribution in [0, 0.1) is 0 Å². The third kappa shape index (κ3) is 2.90. The molecule has 0 spiro atoms. The summed E-state index contributed by atoms with van der Waals surface area (Å²) < 4.78 is 11.2. The number of carbonyl (C=O) groups excluding carboxylic acids is 1. The van der Waals surface area contributed by atoms with Gasteiger partial charge >= 0.3 is 0 Å². The molecule has 18 heavy (non-hydrogen) atoms. The summed E-state index contributed by atoms with van der Waals surface area (Å²) in [7, 11) is -0.903. The van der Waals surface area contributed by atoms with Gasteiger partial charge in [0.2, 0.25) is 5.91 Å². The van der Waals surface area contributed by atoms with E-state index in [1.54, 1.807) is 6.26 Å². The SMILES string of the molecule is CC(CNC(=O)C1Cc2ccccc2N1)S(C)=O. The van der Waals surface area contributed by atoms with Crippen LogP contribution in [0.4, 0.5) is 5.69 Å². The monoisotopic (exact) mass is 266 g/mol. The molecule has 0 saturated carbocycles. The molecule has 0 fully saturated rings. The summed E-state index contributed by atoms with van der Waals surface area (Å²) in [5.41, 5.74) is 2.20. The number of nitrogens with one attached hydrogen (secondary N) is 2. The van der Waals surface area contributed by atoms with Gasteiger partial charge in [-0.05, 0) is 18.6 Å². The zero-order chi connectivity index (χ0) is 13.1. The van der Waals surface area contributed by atoms with E-state index in [9.17, 15) is 9.00 Å². The van der Waals surface area contributed by atoms with E-state index in [0.717, 1.165) is 5.69 Å². The van der Waals surface area contributed by atoms with E-state index in [1.807, 2.05) is 31.2 Å². The summed E-state index contributed by atoms with van der Waals surface area (Å²) in [5, 5.41) is 6.03. The largest absolute Gasteiger partial charge is 0.373 e. The summed E-state index contributed by atoms with van der Waals surface area (Å²) >= 11 is 0. The van der Waals surface area contributed by atoms with Gasteiger partial charge in [0.05, 0.1) is 0 Å². The molecule has 98 valence electrons. The van der Waals surface area contributed by atoms with E-state index in [4.69, 9.17) is 0 Å². The van der Waals surface area contributed by atoms with Crippen molar-refractivity contribution < 1.29 is 9.00 Å². The fourth-order valence-electron chi connectivity index (χ4n) is 1.94. The highest BCUT2D eigenvalue weighted by molar-refractivity contribution is 7.84. The second-order valence-electron chi connectivity index (χ2n) is 4.61. The van der Waals surface area contributed by atoms with Crippen LogP contribution in [0.2, 0.25) is 0 Å². The summed E-state index contributed by atoms with van der Waals surface area (Å²) in [5.74, 6) is -0.0245. The number of carbonyl (C=O) groups is 1. The Morgan fingerprint density at radius 3 is 2.94 bits per heavy atom. The standard InChI is InChI=1S/C13H18N2O2S/c1-9(18(2)17)8-14-13(16)12-7-10-5-3-4-6-11(10)15-12/h3-6,9,12,15H,7-8H2,1-2H3,(H,14,16). The molecule has 1 aliphatic heterocycles. The van der Waals surface area contributed by atoms with Gasteiger partial charge in [-0.25, -0.2) is 0 Å². The maximum absolute atomic E-state index is 12.0. The van der Waals surface area contributed by atoms with Crippen molar-refractivity contribution in [1.29, 1.82) is 0 Å². The molecule has 0 bridgehead atoms. The van der Waals surface area contributed by atoms with E-state index in [0.29, 0.717) is 13.0 Å². The summed E-state index contributed by atoms with van der Waals surface area (Å²) in [4.78, 5) is 12.0. The van der Waals surface area contributed by atoms with Crippen molar-refractivity contribution >= 4 is 22.4 Å². The van der Waals surface area contributed by atoms with Crippen LogP contribution in [-0.2, 0) is 22.0 Å². The third-order valence-corrected chi connectivity index (χ3v) is 4.52. The van der Waals surface area contributed by atoms with E-state index in [-0.39, 0.29) is 17.2 Å². The minimum absolute atomic E-state index is 0.0160. The minimum atomic E-state index is -0.903. The molecular weight excluding hydrogens is 248 g/mol. The molecule has 3 unspecified atom stereocenters. The maximum Gasteiger partial charge on any atom is 0.242 e. The predicted octanol–water partition coefficient (Wildman–Crippen LogP) is 0.906. The minimum Gasteiger partial charge on any atom is -0.373 e. The summed E-state index contributed by atoms with van der Waals surface area (Å²) in [6, 6.07) is 7.73. The number of fused-ring (bicyclic) bond motifs is 1. The Labute approximate surface area is 110 Å². The molecule has 0 radical (unpaired) electrons. The van der Waals surface area contributed by atoms with Gasteiger partial charge in [-0.1, -0.05) is 18.2 Å². The van der Waals surface area contributed by atoms with Crippen LogP contribution in [0.25, 0.3) is 0 Å². The van der Waals surface area contributed by atoms with Crippen molar-refractivity contribution in [1.82, 2.24) is 5.32 Å². The number of anilines is 1. The molecule has 2 N–H and O–H groups in total. The maximum atomic E-state index is 12.0. The van der Waals surface area contributed by atoms with E-state index >= 15 is 0 Å². The van der Waals surface area contributed by atoms with Gasteiger partial charge in [0.25, 0.3) is 0 Å². The summed E-state index contributed by atoms with van der Waals surface area (Å²) in [6.07, 6.45) is 2.37. The van der Waals surface area contributed by atoms with Crippen molar-refractivity contribution in [2.45, 2.75) is 24.6 Å². The van der Waals surface area contributed by atoms with Gasteiger partial charge < -0.3 is 10.6 Å². The first kappa shape index (κ1) is 13.1. The first-order valence-electron chi connectivity index (χ1n) is 6.02. The van der Waals surface area contributed by atoms with E-state index in [2.05, 4.69) is 10.6 Å². The number of para-hydroxylation sites is 1. The lowest BCUT2D eigenvalue weighted by Crippen LogP contribution is -2.41. The lowest BCUT2D eigenvalue weighted by Gasteiger charge is -2.14. The Balaban J connectivity index is 1.88. The normalized spacial score (nSPS) is 20.7. The number of benzene rings is 1. The fraction of sp³-hybridized carbons (Fsp3) is 0.462. The van der Waals surface area contributed by atoms with Crippen LogP contribution >= 0.6 is 0 Å². The predicted molar refractivity (Wildman–Crippen MR) is 74.1 cm³/mol. The van der Waals surface area contributed by atoms with Gasteiger partial charge in [0.1, 0.15) is 6.04 Å². The van der Waals surface area contributed by atoms with Crippen LogP contribution in [0.3, 0.4) is 0 Å². The quantitative estimate of drug-likeness (QED) is 0.851. The topological polar surface area (TPSA) is 58.2 Å². The Morgan fingerprint density at radius 2 is 2.28 bits per heavy atom. The first-order valence-corrected chi connectivity index (χ1v) is 7.64. The molecule has 0 saturated heterocycles. The van der Waals surface area contributed by atoms with Gasteiger partial charge in [0, 0.05) is 41.0 Å². The highest BCUT2D eigenvalue weighted by Gasteiger charge is 2.26. The zero-order valence-electron chi connectivity index (χ0n) is 10.6. The smallest absolute Gasteiger partial charge is 0.242 e. The first-order chi connectivity index (χ1) is 8.58. The molecule has 1 amide bonds. The van der Waals surface area contributed by atoms with Crippen LogP contribution in [0.15, 0.2) is 24.3 Å². The number of hydrogen-bond acceptors (Lipinski definition) is 3. The summed E-state index contributed by atoms with van der Waals surface area (Å²) in [6.45, 7) is 2.32. The molecular formula is C13H18N2O2S. The van der Waals surface area contributed by atoms with E-state index < -0.39 is 10.8 Å². The second kappa shape index (κ2) is 5.52. The van der Waals surface area contributed by atoms with Crippen molar-refractivity contribution in [2.24, 2.45) is 0 Å². The van der Waals surface area contributed by atoms with Crippen molar-refractivity contribution in [3.05, 3.63) is 29.8 Å². The average Bonchev–Trinajstić information content (AvgIpc) is 2.79. The van der Waals surface area contributed by atoms with Crippen molar-refractivity contribution in [2.75, 3.05) is 18.1 Å². The molecule has 0 aliphatic carbocycles. The van der Waals surface area contributed by atoms with Crippen LogP contribution in [-0.4, -0.2) is 34.2 Å². The zero-order valence-corrected chi connectivity index (χ0v) is 11.4. The highest BCUT2D eigenvalue weighted by atomic mass is 32.2. The number of amides is 1. The van der Waals surface area contributed by atoms with Crippen LogP contribution in [0.5, 0.6) is 0 Å². The Bertz CT molecular complexity index is 451. The van der Waals surface area contributed by atoms with Crippen LogP contribution in [0.1, 0.15) is 12.5 Å². The molecule has 1 aromatic rings. The van der Waals surface area contributed by atoms with E-state index in [1.165, 1.54) is 5.56 Å². The van der Waals surface area contributed by atoms with Gasteiger partial charge in [-0.15, -0.1) is 0 Å². The molecule has 0 aromatic heterocycles. The molecule has 1 aliphatic rings. The lowest BCUT2D eigenvalue weighted by atomic mass is 10.1. The fourth-order valence-corrected chi connectivity index (χ4v) is 2.26. The molecule has 5 heteroatoms. The van der Waals surface area contributed by atoms with Gasteiger partial charge in [-0.2, -0.15) is 0 Å². The number of hydrogen-bond donors (Lipinski definition) is 2. The van der Waals surface area contributed by atoms with Gasteiger partial charge in [-0.3, -0.25) is 9.00 Å². The molecule has 1 aromatic carbocycles. The third-order valence-electron chi connectivity index (χ3n) is 3.22. The highest BCUT2D eigenvalue weighted by Crippen LogP contribution is 2.24. The van der Waals surface area contributed by atoms with Crippen LogP contribution < -0.4 is 10.6 Å². The number of rotatable bonds is 4.